The predicted octanol–water partition coefficient (Wildman–Crippen LogP) is 12.5. The van der Waals surface area contributed by atoms with Crippen LogP contribution in [-0.2, 0) is 11.8 Å². The van der Waals surface area contributed by atoms with Crippen LogP contribution in [0.15, 0.2) is 158 Å². The molecule has 0 radical (unpaired) electrons. The first-order valence-corrected chi connectivity index (χ1v) is 20.4. The van der Waals surface area contributed by atoms with Crippen molar-refractivity contribution in [2.24, 2.45) is 0 Å². The lowest BCUT2D eigenvalue weighted by atomic mass is 9.43. The molecule has 1 aliphatic carbocycles. The number of benzene rings is 8. The Morgan fingerprint density at radius 3 is 2.20 bits per heavy atom. The summed E-state index contributed by atoms with van der Waals surface area (Å²) < 4.78 is 2.59. The molecule has 9 aromatic rings. The number of rotatable bonds is 5. The normalized spacial score (nSPS) is 14.3. The molecular formula is C53H41BN2. The van der Waals surface area contributed by atoms with Gasteiger partial charge in [0.05, 0.1) is 11.0 Å². The minimum Gasteiger partial charge on any atom is -0.376 e. The third-order valence-electron chi connectivity index (χ3n) is 13.3. The smallest absolute Gasteiger partial charge is 0.333 e. The summed E-state index contributed by atoms with van der Waals surface area (Å²) >= 11 is 0. The zero-order chi connectivity index (χ0) is 37.3. The van der Waals surface area contributed by atoms with E-state index in [1.54, 1.807) is 0 Å². The van der Waals surface area contributed by atoms with E-state index < -0.39 is 0 Å². The second-order valence-electron chi connectivity index (χ2n) is 16.7. The fourth-order valence-electron chi connectivity index (χ4n) is 10.8. The Balaban J connectivity index is 1.27. The van der Waals surface area contributed by atoms with Crippen molar-refractivity contribution in [3.8, 4) is 39.1 Å². The number of nitrogens with zero attached hydrogens (tertiary/aromatic N) is 2. The molecule has 0 spiro atoms. The van der Waals surface area contributed by atoms with Crippen LogP contribution in [0.25, 0.3) is 71.6 Å². The Bertz CT molecular complexity index is 3110. The highest BCUT2D eigenvalue weighted by Crippen LogP contribution is 2.55. The Labute approximate surface area is 328 Å². The molecule has 2 nitrogen and oxygen atoms in total. The van der Waals surface area contributed by atoms with Crippen molar-refractivity contribution in [2.45, 2.75) is 45.4 Å². The topological polar surface area (TPSA) is 8.17 Å². The molecule has 8 aromatic carbocycles. The molecule has 1 aromatic heterocycles. The van der Waals surface area contributed by atoms with Crippen molar-refractivity contribution in [2.75, 3.05) is 4.81 Å². The van der Waals surface area contributed by atoms with E-state index in [-0.39, 0.29) is 12.3 Å². The molecule has 0 unspecified atom stereocenters. The van der Waals surface area contributed by atoms with E-state index in [0.29, 0.717) is 0 Å². The second-order valence-corrected chi connectivity index (χ2v) is 16.7. The van der Waals surface area contributed by atoms with Gasteiger partial charge in [-0.25, -0.2) is 0 Å². The highest BCUT2D eigenvalue weighted by molar-refractivity contribution is 6.94. The summed E-state index contributed by atoms with van der Waals surface area (Å²) in [5.74, 6) is 0. The van der Waals surface area contributed by atoms with Crippen molar-refractivity contribution in [3.05, 3.63) is 174 Å². The van der Waals surface area contributed by atoms with Gasteiger partial charge in [-0.05, 0) is 110 Å². The van der Waals surface area contributed by atoms with Gasteiger partial charge in [-0.1, -0.05) is 149 Å². The average molecular weight is 717 g/mol. The quantitative estimate of drug-likeness (QED) is 0.161. The molecule has 12 rings (SSSR count). The maximum Gasteiger partial charge on any atom is 0.333 e. The molecular weight excluding hydrogens is 675 g/mol. The fourth-order valence-corrected chi connectivity index (χ4v) is 10.8. The fraction of sp³-hybridized carbons (Fsp3) is 0.132. The van der Waals surface area contributed by atoms with E-state index in [0.717, 1.165) is 6.42 Å². The van der Waals surface area contributed by atoms with Crippen LogP contribution in [0, 0.1) is 0 Å². The lowest BCUT2D eigenvalue weighted by molar-refractivity contribution is 0.660. The second kappa shape index (κ2) is 11.6. The number of hydrogen-bond donors (Lipinski definition) is 0. The minimum absolute atomic E-state index is 0.0516. The Morgan fingerprint density at radius 1 is 0.554 bits per heavy atom. The standard InChI is InChI=1S/C53H41BN2/c1-4-5-16-33-27-28-47(40(29-33)34-17-7-6-8-18-34)56-48-32-41-37-21-11-13-24-43(37)53(2,3)44(41)31-42(48)50-36-20-10-9-19-35(36)30-49-51(50)54(56)45-25-15-23-39-38-22-12-14-26-46(38)55(49)52(39)45/h6-15,17-32H,4-5,16H2,1-3H3. The number of para-hydroxylation sites is 2. The first kappa shape index (κ1) is 32.0. The SMILES string of the molecule is CCCCc1ccc(N2B3c4c(cc5ccccc5c4-c4cc5c(cc42)-c2ccccc2C5(C)C)-n2c4ccccc4c4cccc3c42)c(-c2ccccc2)c1. The van der Waals surface area contributed by atoms with Gasteiger partial charge in [0.25, 0.3) is 0 Å². The van der Waals surface area contributed by atoms with Crippen molar-refractivity contribution in [1.82, 2.24) is 4.57 Å². The molecule has 0 amide bonds. The van der Waals surface area contributed by atoms with E-state index in [1.807, 2.05) is 0 Å². The van der Waals surface area contributed by atoms with Gasteiger partial charge in [0.15, 0.2) is 0 Å². The molecule has 56 heavy (non-hydrogen) atoms. The average Bonchev–Trinajstić information content (AvgIpc) is 3.70. The van der Waals surface area contributed by atoms with Crippen molar-refractivity contribution >= 4 is 61.7 Å². The van der Waals surface area contributed by atoms with E-state index in [2.05, 4.69) is 188 Å². The first-order chi connectivity index (χ1) is 27.5. The largest absolute Gasteiger partial charge is 0.376 e. The van der Waals surface area contributed by atoms with Crippen LogP contribution in [-0.4, -0.2) is 11.4 Å². The lowest BCUT2D eigenvalue weighted by Gasteiger charge is -2.44. The van der Waals surface area contributed by atoms with Crippen molar-refractivity contribution < 1.29 is 0 Å². The number of aryl methyl sites for hydroxylation is 1. The van der Waals surface area contributed by atoms with Crippen LogP contribution in [0.3, 0.4) is 0 Å². The van der Waals surface area contributed by atoms with E-state index >= 15 is 0 Å². The van der Waals surface area contributed by atoms with Gasteiger partial charge in [-0.15, -0.1) is 0 Å². The molecule has 266 valence electrons. The summed E-state index contributed by atoms with van der Waals surface area (Å²) in [5, 5.41) is 5.21. The van der Waals surface area contributed by atoms with E-state index in [4.69, 9.17) is 0 Å². The van der Waals surface area contributed by atoms with Gasteiger partial charge in [-0.3, -0.25) is 0 Å². The van der Waals surface area contributed by atoms with Gasteiger partial charge in [0, 0.05) is 44.4 Å². The monoisotopic (exact) mass is 716 g/mol. The molecule has 0 saturated carbocycles. The van der Waals surface area contributed by atoms with Crippen LogP contribution in [0.4, 0.5) is 11.4 Å². The molecule has 3 heteroatoms. The van der Waals surface area contributed by atoms with Crippen LogP contribution in [0.5, 0.6) is 0 Å². The van der Waals surface area contributed by atoms with Crippen LogP contribution in [0.1, 0.15) is 50.3 Å². The summed E-state index contributed by atoms with van der Waals surface area (Å²) in [6, 6.07) is 60.3. The summed E-state index contributed by atoms with van der Waals surface area (Å²) in [6.07, 6.45) is 3.44. The number of anilines is 2. The molecule has 0 atom stereocenters. The van der Waals surface area contributed by atoms with Crippen LogP contribution < -0.4 is 15.7 Å². The van der Waals surface area contributed by atoms with Crippen LogP contribution in [0.2, 0.25) is 0 Å². The van der Waals surface area contributed by atoms with Crippen LogP contribution >= 0.6 is 0 Å². The van der Waals surface area contributed by atoms with Crippen molar-refractivity contribution in [1.29, 1.82) is 0 Å². The first-order valence-electron chi connectivity index (χ1n) is 20.4. The van der Waals surface area contributed by atoms with Gasteiger partial charge in [-0.2, -0.15) is 0 Å². The highest BCUT2D eigenvalue weighted by Gasteiger charge is 2.46. The van der Waals surface area contributed by atoms with Gasteiger partial charge in [0.2, 0.25) is 0 Å². The number of hydrogen-bond acceptors (Lipinski definition) is 1. The summed E-state index contributed by atoms with van der Waals surface area (Å²) in [5.41, 5.74) is 21.1. The zero-order valence-electron chi connectivity index (χ0n) is 32.1. The molecule has 0 fully saturated rings. The number of aromatic nitrogens is 1. The van der Waals surface area contributed by atoms with E-state index in [9.17, 15) is 0 Å². The third-order valence-corrected chi connectivity index (χ3v) is 13.3. The lowest BCUT2D eigenvalue weighted by Crippen LogP contribution is -2.60. The molecule has 3 aliphatic rings. The molecule has 0 saturated heterocycles. The molecule has 0 N–H and O–H groups in total. The molecule has 0 bridgehead atoms. The summed E-state index contributed by atoms with van der Waals surface area (Å²) in [7, 11) is 0. The molecule has 3 heterocycles. The van der Waals surface area contributed by atoms with Gasteiger partial charge in [0.1, 0.15) is 0 Å². The Kier molecular flexibility index (Phi) is 6.62. The minimum atomic E-state index is -0.126. The predicted molar refractivity (Wildman–Crippen MR) is 239 cm³/mol. The zero-order valence-corrected chi connectivity index (χ0v) is 32.1. The maximum atomic E-state index is 2.74. The Morgan fingerprint density at radius 2 is 1.32 bits per heavy atom. The maximum absolute atomic E-state index is 2.74. The summed E-state index contributed by atoms with van der Waals surface area (Å²) in [6.45, 7) is 7.06. The molecule has 2 aliphatic heterocycles. The number of fused-ring (bicyclic) bond motifs is 12. The third kappa shape index (κ3) is 4.18. The number of unbranched alkanes of at least 4 members (excludes halogenated alkanes) is 1. The van der Waals surface area contributed by atoms with Gasteiger partial charge >= 0.3 is 6.85 Å². The van der Waals surface area contributed by atoms with E-state index in [1.165, 1.54) is 123 Å². The Hall–Kier alpha value is -6.32. The van der Waals surface area contributed by atoms with Gasteiger partial charge < -0.3 is 9.38 Å². The highest BCUT2D eigenvalue weighted by atomic mass is 15.1. The summed E-state index contributed by atoms with van der Waals surface area (Å²) in [4.78, 5) is 2.74. The van der Waals surface area contributed by atoms with Crippen molar-refractivity contribution in [3.63, 3.8) is 0 Å².